The van der Waals surface area contributed by atoms with Crippen molar-refractivity contribution in [1.82, 2.24) is 18.5 Å². The minimum Gasteiger partial charge on any atom is -0.280 e. The molecule has 29 heavy (non-hydrogen) atoms. The second kappa shape index (κ2) is 6.17. The minimum atomic E-state index is -0.386. The van der Waals surface area contributed by atoms with E-state index < -0.39 is 0 Å². The summed E-state index contributed by atoms with van der Waals surface area (Å²) in [5.74, 6) is 0. The van der Waals surface area contributed by atoms with Gasteiger partial charge < -0.3 is 0 Å². The third-order valence-electron chi connectivity index (χ3n) is 5.64. The summed E-state index contributed by atoms with van der Waals surface area (Å²) in [6.07, 6.45) is 0.964. The van der Waals surface area contributed by atoms with Gasteiger partial charge in [-0.25, -0.2) is 9.78 Å². The monoisotopic (exact) mass is 384 g/mol. The van der Waals surface area contributed by atoms with Crippen LogP contribution in [0, 0.1) is 0 Å². The topological polar surface area (TPSA) is 61.3 Å². The predicted octanol–water partition coefficient (Wildman–Crippen LogP) is 3.27. The van der Waals surface area contributed by atoms with E-state index in [0.717, 1.165) is 33.0 Å². The van der Waals surface area contributed by atoms with Crippen LogP contribution in [0.2, 0.25) is 0 Å². The highest BCUT2D eigenvalue weighted by molar-refractivity contribution is 6.00. The largest absolute Gasteiger partial charge is 0.332 e. The molecule has 3 aromatic heterocycles. The molecular formula is C23H20N4O2. The van der Waals surface area contributed by atoms with Crippen LogP contribution in [0.1, 0.15) is 12.5 Å². The first-order chi connectivity index (χ1) is 14.0. The van der Waals surface area contributed by atoms with Crippen molar-refractivity contribution in [1.29, 1.82) is 0 Å². The van der Waals surface area contributed by atoms with Crippen molar-refractivity contribution >= 4 is 27.6 Å². The number of aromatic nitrogens is 4. The van der Waals surface area contributed by atoms with E-state index in [1.54, 1.807) is 7.05 Å². The average molecular weight is 384 g/mol. The smallest absolute Gasteiger partial charge is 0.280 e. The minimum absolute atomic E-state index is 0.289. The molecule has 6 nitrogen and oxygen atoms in total. The molecule has 0 aliphatic heterocycles. The normalized spacial score (nSPS) is 11.7. The highest BCUT2D eigenvalue weighted by Crippen LogP contribution is 2.30. The summed E-state index contributed by atoms with van der Waals surface area (Å²) < 4.78 is 4.53. The van der Waals surface area contributed by atoms with E-state index >= 15 is 0 Å². The zero-order chi connectivity index (χ0) is 20.3. The van der Waals surface area contributed by atoms with Gasteiger partial charge in [0.25, 0.3) is 5.56 Å². The Morgan fingerprint density at radius 3 is 2.38 bits per heavy atom. The summed E-state index contributed by atoms with van der Waals surface area (Å²) in [4.78, 5) is 30.1. The third kappa shape index (κ3) is 2.38. The van der Waals surface area contributed by atoms with E-state index in [4.69, 9.17) is 4.98 Å². The van der Waals surface area contributed by atoms with E-state index in [2.05, 4.69) is 37.3 Å². The molecule has 5 rings (SSSR count). The van der Waals surface area contributed by atoms with Crippen molar-refractivity contribution in [3.05, 3.63) is 81.0 Å². The fourth-order valence-electron chi connectivity index (χ4n) is 4.00. The van der Waals surface area contributed by atoms with Crippen molar-refractivity contribution in [2.75, 3.05) is 0 Å². The maximum Gasteiger partial charge on any atom is 0.332 e. The van der Waals surface area contributed by atoms with Crippen molar-refractivity contribution in [2.45, 2.75) is 13.3 Å². The first kappa shape index (κ1) is 17.4. The molecule has 0 amide bonds. The Hall–Kier alpha value is -3.67. The Morgan fingerprint density at radius 2 is 1.66 bits per heavy atom. The van der Waals surface area contributed by atoms with Gasteiger partial charge in [0.05, 0.1) is 5.69 Å². The average Bonchev–Trinajstić information content (AvgIpc) is 3.17. The van der Waals surface area contributed by atoms with E-state index in [1.807, 2.05) is 28.7 Å². The predicted molar refractivity (Wildman–Crippen MR) is 116 cm³/mol. The molecule has 0 radical (unpaired) electrons. The lowest BCUT2D eigenvalue weighted by Gasteiger charge is -2.12. The SMILES string of the molecule is CCc1ccc(-c2cc3ccccc3c3nc4c(=O)n(C)c(=O)n(C)c4n23)cc1. The highest BCUT2D eigenvalue weighted by atomic mass is 16.2. The van der Waals surface area contributed by atoms with Gasteiger partial charge in [-0.05, 0) is 29.0 Å². The van der Waals surface area contributed by atoms with E-state index in [0.29, 0.717) is 11.3 Å². The standard InChI is InChI=1S/C23H20N4O2/c1-4-14-9-11-15(12-10-14)18-13-16-7-5-6-8-17(16)20-24-19-21(27(18)20)25(2)23(29)26(3)22(19)28/h5-13H,4H2,1-3H3. The molecule has 5 aromatic rings. The number of benzene rings is 2. The van der Waals surface area contributed by atoms with Gasteiger partial charge in [0.1, 0.15) is 5.65 Å². The first-order valence-electron chi connectivity index (χ1n) is 9.60. The van der Waals surface area contributed by atoms with Crippen molar-refractivity contribution in [3.8, 4) is 11.3 Å². The molecule has 0 fully saturated rings. The van der Waals surface area contributed by atoms with Crippen LogP contribution in [0.4, 0.5) is 0 Å². The van der Waals surface area contributed by atoms with Crippen LogP contribution in [0.15, 0.2) is 64.2 Å². The first-order valence-corrected chi connectivity index (χ1v) is 9.60. The number of pyridine rings is 1. The molecule has 0 spiro atoms. The fourth-order valence-corrected chi connectivity index (χ4v) is 4.00. The summed E-state index contributed by atoms with van der Waals surface area (Å²) in [7, 11) is 3.16. The molecule has 2 aromatic carbocycles. The zero-order valence-corrected chi connectivity index (χ0v) is 16.5. The van der Waals surface area contributed by atoms with Crippen molar-refractivity contribution < 1.29 is 0 Å². The Kier molecular flexibility index (Phi) is 3.71. The van der Waals surface area contributed by atoms with Crippen LogP contribution in [0.25, 0.3) is 38.8 Å². The van der Waals surface area contributed by atoms with Crippen LogP contribution in [0.5, 0.6) is 0 Å². The molecule has 144 valence electrons. The number of fused-ring (bicyclic) bond motifs is 5. The highest BCUT2D eigenvalue weighted by Gasteiger charge is 2.19. The van der Waals surface area contributed by atoms with Crippen molar-refractivity contribution in [3.63, 3.8) is 0 Å². The number of hydrogen-bond acceptors (Lipinski definition) is 3. The molecule has 0 atom stereocenters. The van der Waals surface area contributed by atoms with Crippen LogP contribution in [0.3, 0.4) is 0 Å². The summed E-state index contributed by atoms with van der Waals surface area (Å²) >= 11 is 0. The van der Waals surface area contributed by atoms with Crippen LogP contribution >= 0.6 is 0 Å². The summed E-state index contributed by atoms with van der Waals surface area (Å²) in [5.41, 5.74) is 3.87. The molecular weight excluding hydrogens is 364 g/mol. The van der Waals surface area contributed by atoms with Gasteiger partial charge in [0, 0.05) is 19.5 Å². The number of hydrogen-bond donors (Lipinski definition) is 0. The second-order valence-electron chi connectivity index (χ2n) is 7.32. The molecule has 0 saturated carbocycles. The quantitative estimate of drug-likeness (QED) is 0.469. The molecule has 0 unspecified atom stereocenters. The zero-order valence-electron chi connectivity index (χ0n) is 16.5. The molecule has 3 heterocycles. The number of imidazole rings is 1. The maximum absolute atomic E-state index is 12.8. The molecule has 0 aliphatic carbocycles. The Bertz CT molecular complexity index is 1540. The van der Waals surface area contributed by atoms with Crippen LogP contribution in [-0.4, -0.2) is 18.5 Å². The summed E-state index contributed by atoms with van der Waals surface area (Å²) in [6, 6.07) is 18.4. The molecule has 0 aliphatic rings. The Morgan fingerprint density at radius 1 is 0.931 bits per heavy atom. The van der Waals surface area contributed by atoms with Gasteiger partial charge in [-0.1, -0.05) is 55.5 Å². The lowest BCUT2D eigenvalue weighted by atomic mass is 10.0. The second-order valence-corrected chi connectivity index (χ2v) is 7.32. The Labute approximate surface area is 166 Å². The third-order valence-corrected chi connectivity index (χ3v) is 5.64. The van der Waals surface area contributed by atoms with E-state index in [1.165, 1.54) is 17.2 Å². The lowest BCUT2D eigenvalue weighted by molar-refractivity contribution is 0.706. The fraction of sp³-hybridized carbons (Fsp3) is 0.174. The Balaban J connectivity index is 2.05. The molecule has 0 saturated heterocycles. The maximum atomic E-state index is 12.8. The van der Waals surface area contributed by atoms with Gasteiger partial charge in [0.15, 0.2) is 11.2 Å². The summed E-state index contributed by atoms with van der Waals surface area (Å²) in [5, 5.41) is 1.97. The number of rotatable bonds is 2. The van der Waals surface area contributed by atoms with Gasteiger partial charge in [-0.3, -0.25) is 18.3 Å². The van der Waals surface area contributed by atoms with Crippen molar-refractivity contribution in [2.24, 2.45) is 14.1 Å². The molecule has 6 heteroatoms. The van der Waals surface area contributed by atoms with Gasteiger partial charge in [-0.15, -0.1) is 0 Å². The summed E-state index contributed by atoms with van der Waals surface area (Å²) in [6.45, 7) is 2.12. The molecule has 0 N–H and O–H groups in total. The number of nitrogens with zero attached hydrogens (tertiary/aromatic N) is 4. The number of aryl methyl sites for hydroxylation is 2. The van der Waals surface area contributed by atoms with Gasteiger partial charge in [-0.2, -0.15) is 0 Å². The van der Waals surface area contributed by atoms with Crippen LogP contribution in [-0.2, 0) is 20.5 Å². The van der Waals surface area contributed by atoms with Gasteiger partial charge in [0.2, 0.25) is 0 Å². The lowest BCUT2D eigenvalue weighted by Crippen LogP contribution is -2.37. The van der Waals surface area contributed by atoms with E-state index in [-0.39, 0.29) is 16.8 Å². The van der Waals surface area contributed by atoms with Gasteiger partial charge >= 0.3 is 5.69 Å². The van der Waals surface area contributed by atoms with E-state index in [9.17, 15) is 9.59 Å². The van der Waals surface area contributed by atoms with Crippen LogP contribution < -0.4 is 11.2 Å². The molecule has 0 bridgehead atoms.